The lowest BCUT2D eigenvalue weighted by atomic mass is 10.1. The third-order valence-corrected chi connectivity index (χ3v) is 3.32. The normalized spacial score (nSPS) is 13.8. The molecule has 0 aliphatic rings. The Balaban J connectivity index is 2.56. The third-order valence-electron chi connectivity index (χ3n) is 3.32. The first kappa shape index (κ1) is 16.1. The van der Waals surface area contributed by atoms with E-state index in [1.54, 1.807) is 0 Å². The van der Waals surface area contributed by atoms with Crippen molar-refractivity contribution in [2.24, 2.45) is 0 Å². The van der Waals surface area contributed by atoms with Crippen LogP contribution in [0.3, 0.4) is 0 Å². The predicted molar refractivity (Wildman–Crippen MR) is 82.3 cm³/mol. The van der Waals surface area contributed by atoms with Crippen LogP contribution in [0.2, 0.25) is 0 Å². The summed E-state index contributed by atoms with van der Waals surface area (Å²) >= 11 is 0. The molecule has 0 radical (unpaired) electrons. The van der Waals surface area contributed by atoms with Crippen LogP contribution in [0.4, 0.5) is 0 Å². The molecule has 1 aromatic rings. The number of aryl methyl sites for hydroxylation is 1. The highest BCUT2D eigenvalue weighted by Gasteiger charge is 2.17. The van der Waals surface area contributed by atoms with Gasteiger partial charge in [0, 0.05) is 30.4 Å². The van der Waals surface area contributed by atoms with Crippen LogP contribution in [0.25, 0.3) is 0 Å². The lowest BCUT2D eigenvalue weighted by molar-refractivity contribution is 0.206. The van der Waals surface area contributed by atoms with E-state index in [1.165, 1.54) is 0 Å². The highest BCUT2D eigenvalue weighted by atomic mass is 15.2. The number of nitrogens with zero attached hydrogens (tertiary/aromatic N) is 2. The zero-order valence-electron chi connectivity index (χ0n) is 13.3. The van der Waals surface area contributed by atoms with Crippen LogP contribution in [0.15, 0.2) is 18.2 Å². The van der Waals surface area contributed by atoms with Crippen molar-refractivity contribution in [1.29, 1.82) is 0 Å². The molecule has 0 amide bonds. The molecule has 1 rings (SSSR count). The number of rotatable bonds is 6. The van der Waals surface area contributed by atoms with Gasteiger partial charge in [-0.3, -0.25) is 9.88 Å². The standard InChI is InChI=1S/C16H29N3/c1-7-15(11-17-16(3,4)5)19(6)12-14-10-8-9-13(2)18-14/h8-10,15,17H,7,11-12H2,1-6H3. The minimum atomic E-state index is 0.176. The van der Waals surface area contributed by atoms with Crippen LogP contribution in [0, 0.1) is 6.92 Å². The topological polar surface area (TPSA) is 28.2 Å². The number of hydrogen-bond donors (Lipinski definition) is 1. The fourth-order valence-corrected chi connectivity index (χ4v) is 2.11. The van der Waals surface area contributed by atoms with Gasteiger partial charge in [-0.15, -0.1) is 0 Å². The first-order chi connectivity index (χ1) is 8.81. The SMILES string of the molecule is CCC(CNC(C)(C)C)N(C)Cc1cccc(C)n1. The Labute approximate surface area is 118 Å². The molecule has 0 fully saturated rings. The molecule has 0 aliphatic heterocycles. The molecule has 3 heteroatoms. The number of aromatic nitrogens is 1. The Morgan fingerprint density at radius 2 is 2.00 bits per heavy atom. The van der Waals surface area contributed by atoms with Crippen LogP contribution >= 0.6 is 0 Å². The number of pyridine rings is 1. The lowest BCUT2D eigenvalue weighted by Crippen LogP contribution is -2.46. The Bertz CT molecular complexity index is 382. The van der Waals surface area contributed by atoms with E-state index < -0.39 is 0 Å². The van der Waals surface area contributed by atoms with E-state index in [0.717, 1.165) is 30.9 Å². The number of nitrogens with one attached hydrogen (secondary N) is 1. The first-order valence-electron chi connectivity index (χ1n) is 7.19. The van der Waals surface area contributed by atoms with Gasteiger partial charge in [0.1, 0.15) is 0 Å². The van der Waals surface area contributed by atoms with E-state index in [-0.39, 0.29) is 5.54 Å². The van der Waals surface area contributed by atoms with Gasteiger partial charge in [0.05, 0.1) is 5.69 Å². The summed E-state index contributed by atoms with van der Waals surface area (Å²) in [6.07, 6.45) is 1.14. The van der Waals surface area contributed by atoms with Crippen LogP contribution in [0.5, 0.6) is 0 Å². The zero-order valence-corrected chi connectivity index (χ0v) is 13.3. The van der Waals surface area contributed by atoms with E-state index >= 15 is 0 Å². The molecule has 1 heterocycles. The molecule has 0 saturated heterocycles. The van der Waals surface area contributed by atoms with Gasteiger partial charge < -0.3 is 5.32 Å². The third kappa shape index (κ3) is 6.17. The summed E-state index contributed by atoms with van der Waals surface area (Å²) in [6, 6.07) is 6.77. The highest BCUT2D eigenvalue weighted by Crippen LogP contribution is 2.09. The summed E-state index contributed by atoms with van der Waals surface area (Å²) in [7, 11) is 2.18. The molecular weight excluding hydrogens is 234 g/mol. The van der Waals surface area contributed by atoms with E-state index in [4.69, 9.17) is 0 Å². The Kier molecular flexibility index (Phi) is 5.95. The van der Waals surface area contributed by atoms with Crippen LogP contribution in [-0.4, -0.2) is 35.1 Å². The largest absolute Gasteiger partial charge is 0.311 e. The van der Waals surface area contributed by atoms with E-state index in [0.29, 0.717) is 6.04 Å². The Morgan fingerprint density at radius 3 is 2.53 bits per heavy atom. The molecular formula is C16H29N3. The van der Waals surface area contributed by atoms with Crippen molar-refractivity contribution in [3.05, 3.63) is 29.6 Å². The van der Waals surface area contributed by atoms with Crippen molar-refractivity contribution >= 4 is 0 Å². The fourth-order valence-electron chi connectivity index (χ4n) is 2.11. The molecule has 1 aromatic heterocycles. The molecule has 108 valence electrons. The molecule has 0 spiro atoms. The molecule has 1 N–H and O–H groups in total. The average Bonchev–Trinajstić information content (AvgIpc) is 2.28. The molecule has 0 aromatic carbocycles. The van der Waals surface area contributed by atoms with Crippen LogP contribution in [0.1, 0.15) is 45.5 Å². The fraction of sp³-hybridized carbons (Fsp3) is 0.688. The summed E-state index contributed by atoms with van der Waals surface area (Å²) < 4.78 is 0. The molecule has 3 nitrogen and oxygen atoms in total. The number of hydrogen-bond acceptors (Lipinski definition) is 3. The van der Waals surface area contributed by atoms with E-state index in [9.17, 15) is 0 Å². The summed E-state index contributed by atoms with van der Waals surface area (Å²) in [6.45, 7) is 12.8. The second-order valence-electron chi connectivity index (χ2n) is 6.38. The summed E-state index contributed by atoms with van der Waals surface area (Å²) in [5.41, 5.74) is 2.42. The van der Waals surface area contributed by atoms with Crippen molar-refractivity contribution in [1.82, 2.24) is 15.2 Å². The van der Waals surface area contributed by atoms with Gasteiger partial charge in [0.15, 0.2) is 0 Å². The van der Waals surface area contributed by atoms with Crippen LogP contribution < -0.4 is 5.32 Å². The van der Waals surface area contributed by atoms with Gasteiger partial charge >= 0.3 is 0 Å². The summed E-state index contributed by atoms with van der Waals surface area (Å²) in [5, 5.41) is 3.59. The van der Waals surface area contributed by atoms with Gasteiger partial charge in [-0.05, 0) is 53.3 Å². The Hall–Kier alpha value is -0.930. The molecule has 1 unspecified atom stereocenters. The second kappa shape index (κ2) is 7.01. The summed E-state index contributed by atoms with van der Waals surface area (Å²) in [5.74, 6) is 0. The van der Waals surface area contributed by atoms with Gasteiger partial charge in [-0.1, -0.05) is 13.0 Å². The average molecular weight is 263 g/mol. The lowest BCUT2D eigenvalue weighted by Gasteiger charge is -2.30. The van der Waals surface area contributed by atoms with Gasteiger partial charge in [0.25, 0.3) is 0 Å². The minimum absolute atomic E-state index is 0.176. The quantitative estimate of drug-likeness (QED) is 0.855. The number of likely N-dealkylation sites (N-methyl/N-ethyl adjacent to an activating group) is 1. The maximum atomic E-state index is 4.58. The van der Waals surface area contributed by atoms with Gasteiger partial charge in [0.2, 0.25) is 0 Å². The first-order valence-corrected chi connectivity index (χ1v) is 7.19. The molecule has 0 aliphatic carbocycles. The van der Waals surface area contributed by atoms with Gasteiger partial charge in [-0.25, -0.2) is 0 Å². The zero-order chi connectivity index (χ0) is 14.5. The molecule has 0 bridgehead atoms. The second-order valence-corrected chi connectivity index (χ2v) is 6.38. The molecule has 19 heavy (non-hydrogen) atoms. The van der Waals surface area contributed by atoms with Crippen LogP contribution in [-0.2, 0) is 6.54 Å². The maximum absolute atomic E-state index is 4.58. The molecule has 0 saturated carbocycles. The van der Waals surface area contributed by atoms with E-state index in [2.05, 4.69) is 62.1 Å². The smallest absolute Gasteiger partial charge is 0.0547 e. The summed E-state index contributed by atoms with van der Waals surface area (Å²) in [4.78, 5) is 6.97. The predicted octanol–water partition coefficient (Wildman–Crippen LogP) is 2.99. The van der Waals surface area contributed by atoms with Crippen molar-refractivity contribution in [2.75, 3.05) is 13.6 Å². The van der Waals surface area contributed by atoms with Gasteiger partial charge in [-0.2, -0.15) is 0 Å². The monoisotopic (exact) mass is 263 g/mol. The minimum Gasteiger partial charge on any atom is -0.311 e. The molecule has 1 atom stereocenters. The van der Waals surface area contributed by atoms with Crippen molar-refractivity contribution in [3.63, 3.8) is 0 Å². The highest BCUT2D eigenvalue weighted by molar-refractivity contribution is 5.09. The Morgan fingerprint density at radius 1 is 1.32 bits per heavy atom. The van der Waals surface area contributed by atoms with Crippen molar-refractivity contribution in [3.8, 4) is 0 Å². The van der Waals surface area contributed by atoms with Crippen molar-refractivity contribution in [2.45, 2.75) is 59.2 Å². The maximum Gasteiger partial charge on any atom is 0.0547 e. The van der Waals surface area contributed by atoms with Crippen molar-refractivity contribution < 1.29 is 0 Å². The van der Waals surface area contributed by atoms with E-state index in [1.807, 2.05) is 13.0 Å².